The predicted octanol–water partition coefficient (Wildman–Crippen LogP) is 2.44. The Morgan fingerprint density at radius 1 is 0.957 bits per heavy atom. The largest absolute Gasteiger partial charge is 0.332 e. The predicted molar refractivity (Wildman–Crippen MR) is 82.1 cm³/mol. The van der Waals surface area contributed by atoms with Crippen molar-refractivity contribution in [2.24, 2.45) is 0 Å². The Bertz CT molecular complexity index is 900. The number of hydrogen-bond donors (Lipinski definition) is 0. The lowest BCUT2D eigenvalue weighted by Crippen LogP contribution is -1.99. The van der Waals surface area contributed by atoms with Gasteiger partial charge in [-0.25, -0.2) is 4.68 Å². The van der Waals surface area contributed by atoms with Gasteiger partial charge in [0.1, 0.15) is 5.69 Å². The van der Waals surface area contributed by atoms with Crippen LogP contribution in [0.4, 0.5) is 0 Å². The van der Waals surface area contributed by atoms with Gasteiger partial charge in [-0.15, -0.1) is 5.10 Å². The van der Waals surface area contributed by atoms with Crippen LogP contribution >= 0.6 is 0 Å². The summed E-state index contributed by atoms with van der Waals surface area (Å²) in [5.41, 5.74) is 2.33. The highest BCUT2D eigenvalue weighted by atomic mass is 16.5. The highest BCUT2D eigenvalue weighted by molar-refractivity contribution is 5.52. The van der Waals surface area contributed by atoms with E-state index in [4.69, 9.17) is 4.52 Å². The van der Waals surface area contributed by atoms with Crippen molar-refractivity contribution in [3.05, 3.63) is 66.5 Å². The fourth-order valence-corrected chi connectivity index (χ4v) is 2.17. The number of benzene rings is 1. The zero-order chi connectivity index (χ0) is 15.5. The molecule has 1 aromatic carbocycles. The summed E-state index contributed by atoms with van der Waals surface area (Å²) in [6.07, 6.45) is 3.47. The van der Waals surface area contributed by atoms with E-state index in [1.165, 1.54) is 0 Å². The molecule has 0 unspecified atom stereocenters. The minimum absolute atomic E-state index is 0.359. The summed E-state index contributed by atoms with van der Waals surface area (Å²) >= 11 is 0. The second-order valence-corrected chi connectivity index (χ2v) is 4.93. The van der Waals surface area contributed by atoms with E-state index in [9.17, 15) is 0 Å². The van der Waals surface area contributed by atoms with Crippen LogP contribution in [0.2, 0.25) is 0 Å². The number of nitrogens with zero attached hydrogens (tertiary/aromatic N) is 6. The van der Waals surface area contributed by atoms with Gasteiger partial charge in [0.2, 0.25) is 5.82 Å². The Balaban J connectivity index is 1.56. The van der Waals surface area contributed by atoms with Gasteiger partial charge in [0.15, 0.2) is 5.69 Å². The first-order valence-electron chi connectivity index (χ1n) is 7.08. The van der Waals surface area contributed by atoms with Gasteiger partial charge in [-0.3, -0.25) is 4.98 Å². The van der Waals surface area contributed by atoms with Crippen LogP contribution in [0.3, 0.4) is 0 Å². The van der Waals surface area contributed by atoms with E-state index in [0.717, 1.165) is 5.56 Å². The van der Waals surface area contributed by atoms with E-state index in [-0.39, 0.29) is 0 Å². The number of pyridine rings is 1. The van der Waals surface area contributed by atoms with E-state index >= 15 is 0 Å². The van der Waals surface area contributed by atoms with E-state index in [2.05, 4.69) is 25.4 Å². The Labute approximate surface area is 131 Å². The molecule has 0 aliphatic carbocycles. The van der Waals surface area contributed by atoms with Crippen molar-refractivity contribution in [2.45, 2.75) is 6.54 Å². The molecule has 112 valence electrons. The minimum Gasteiger partial charge on any atom is -0.332 e. The van der Waals surface area contributed by atoms with Crippen molar-refractivity contribution < 1.29 is 4.52 Å². The normalized spacial score (nSPS) is 10.8. The molecule has 0 bridgehead atoms. The lowest BCUT2D eigenvalue weighted by atomic mass is 10.2. The molecule has 3 heterocycles. The third kappa shape index (κ3) is 2.84. The van der Waals surface area contributed by atoms with Gasteiger partial charge in [-0.1, -0.05) is 46.8 Å². The second kappa shape index (κ2) is 5.80. The highest BCUT2D eigenvalue weighted by Crippen LogP contribution is 2.18. The topological polar surface area (TPSA) is 82.5 Å². The molecule has 0 saturated carbocycles. The fourth-order valence-electron chi connectivity index (χ4n) is 2.17. The molecule has 3 aromatic heterocycles. The minimum atomic E-state index is 0.359. The Hall–Kier alpha value is -3.35. The molecule has 0 radical (unpaired) electrons. The van der Waals surface area contributed by atoms with Crippen LogP contribution < -0.4 is 0 Å². The molecule has 0 fully saturated rings. The highest BCUT2D eigenvalue weighted by Gasteiger charge is 2.14. The molecule has 7 heteroatoms. The van der Waals surface area contributed by atoms with Crippen LogP contribution in [0.25, 0.3) is 23.1 Å². The van der Waals surface area contributed by atoms with Crippen molar-refractivity contribution in [2.75, 3.05) is 0 Å². The molecule has 7 nitrogen and oxygen atoms in total. The molecular formula is C16H12N6O. The summed E-state index contributed by atoms with van der Waals surface area (Å²) in [6.45, 7) is 0.638. The van der Waals surface area contributed by atoms with Gasteiger partial charge < -0.3 is 4.52 Å². The molecule has 0 amide bonds. The molecular weight excluding hydrogens is 292 g/mol. The van der Waals surface area contributed by atoms with E-state index in [1.54, 1.807) is 17.1 Å². The Kier molecular flexibility index (Phi) is 3.36. The first-order valence-corrected chi connectivity index (χ1v) is 7.08. The summed E-state index contributed by atoms with van der Waals surface area (Å²) in [5.74, 6) is 0.753. The van der Waals surface area contributed by atoms with Gasteiger partial charge in [-0.05, 0) is 17.7 Å². The average molecular weight is 304 g/mol. The zero-order valence-electron chi connectivity index (χ0n) is 12.1. The first kappa shape index (κ1) is 13.3. The molecule has 0 spiro atoms. The fraction of sp³-hybridized carbons (Fsp3) is 0.0625. The number of hydrogen-bond acceptors (Lipinski definition) is 6. The third-order valence-electron chi connectivity index (χ3n) is 3.27. The summed E-state index contributed by atoms with van der Waals surface area (Å²) in [6, 6.07) is 15.5. The molecule has 23 heavy (non-hydrogen) atoms. The molecule has 0 saturated heterocycles. The van der Waals surface area contributed by atoms with Crippen molar-refractivity contribution in [3.63, 3.8) is 0 Å². The first-order chi connectivity index (χ1) is 11.4. The van der Waals surface area contributed by atoms with Crippen molar-refractivity contribution in [1.29, 1.82) is 0 Å². The van der Waals surface area contributed by atoms with Gasteiger partial charge in [0.25, 0.3) is 5.89 Å². The van der Waals surface area contributed by atoms with Gasteiger partial charge in [-0.2, -0.15) is 4.98 Å². The third-order valence-corrected chi connectivity index (χ3v) is 3.27. The van der Waals surface area contributed by atoms with Crippen LogP contribution in [0.5, 0.6) is 0 Å². The molecule has 0 aliphatic heterocycles. The van der Waals surface area contributed by atoms with Crippen LogP contribution in [0.1, 0.15) is 5.56 Å². The lowest BCUT2D eigenvalue weighted by molar-refractivity contribution is 0.431. The maximum absolute atomic E-state index is 5.23. The number of aromatic nitrogens is 6. The quantitative estimate of drug-likeness (QED) is 0.576. The molecule has 0 N–H and O–H groups in total. The van der Waals surface area contributed by atoms with Crippen molar-refractivity contribution in [3.8, 4) is 23.1 Å². The van der Waals surface area contributed by atoms with Gasteiger partial charge in [0.05, 0.1) is 12.7 Å². The number of rotatable bonds is 4. The van der Waals surface area contributed by atoms with Crippen LogP contribution in [0, 0.1) is 0 Å². The summed E-state index contributed by atoms with van der Waals surface area (Å²) in [5, 5.41) is 12.1. The lowest BCUT2D eigenvalue weighted by Gasteiger charge is -1.98. The molecule has 0 atom stereocenters. The van der Waals surface area contributed by atoms with Gasteiger partial charge >= 0.3 is 0 Å². The Morgan fingerprint density at radius 2 is 1.83 bits per heavy atom. The van der Waals surface area contributed by atoms with Crippen LogP contribution in [-0.4, -0.2) is 30.1 Å². The standard InChI is InChI=1S/C16H12N6O/c1-2-6-12(7-3-1)10-22-11-14(19-21-22)15-18-16(23-20-15)13-8-4-5-9-17-13/h1-9,11H,10H2. The summed E-state index contributed by atoms with van der Waals surface area (Å²) < 4.78 is 6.97. The summed E-state index contributed by atoms with van der Waals surface area (Å²) in [4.78, 5) is 8.49. The molecule has 4 aromatic rings. The SMILES string of the molecule is c1ccc(Cn2cc(-c3noc(-c4ccccn4)n3)nn2)cc1. The summed E-state index contributed by atoms with van der Waals surface area (Å²) in [7, 11) is 0. The van der Waals surface area contributed by atoms with Gasteiger partial charge in [0, 0.05) is 6.20 Å². The van der Waals surface area contributed by atoms with E-state index in [1.807, 2.05) is 48.5 Å². The monoisotopic (exact) mass is 304 g/mol. The maximum Gasteiger partial charge on any atom is 0.276 e. The Morgan fingerprint density at radius 3 is 2.65 bits per heavy atom. The average Bonchev–Trinajstić information content (AvgIpc) is 3.26. The molecule has 4 rings (SSSR count). The van der Waals surface area contributed by atoms with E-state index < -0.39 is 0 Å². The second-order valence-electron chi connectivity index (χ2n) is 4.93. The smallest absolute Gasteiger partial charge is 0.276 e. The van der Waals surface area contributed by atoms with E-state index in [0.29, 0.717) is 29.6 Å². The van der Waals surface area contributed by atoms with Crippen LogP contribution in [0.15, 0.2) is 65.4 Å². The van der Waals surface area contributed by atoms with Crippen molar-refractivity contribution >= 4 is 0 Å². The maximum atomic E-state index is 5.23. The zero-order valence-corrected chi connectivity index (χ0v) is 12.1. The van der Waals surface area contributed by atoms with Crippen molar-refractivity contribution in [1.82, 2.24) is 30.1 Å². The molecule has 0 aliphatic rings. The van der Waals surface area contributed by atoms with Crippen LogP contribution in [-0.2, 0) is 6.54 Å².